The summed E-state index contributed by atoms with van der Waals surface area (Å²) in [5.74, 6) is 1.64. The van der Waals surface area contributed by atoms with Crippen molar-refractivity contribution in [2.24, 2.45) is 0 Å². The minimum atomic E-state index is -0.208. The zero-order valence-corrected chi connectivity index (χ0v) is 20.5. The predicted octanol–water partition coefficient (Wildman–Crippen LogP) is 3.91. The lowest BCUT2D eigenvalue weighted by Gasteiger charge is -2.35. The maximum atomic E-state index is 13.5. The van der Waals surface area contributed by atoms with Crippen LogP contribution in [0.15, 0.2) is 42.6 Å². The molecule has 2 aliphatic rings. The topological polar surface area (TPSA) is 80.7 Å². The standard InChI is InChI=1S/C27H33N5O3/c1-3-34-22-9-10-24-23(17-22)19(2)29-27(30-24)32-14-6-8-25(32)26(33)31-15-11-21(12-16-31)35-18-20-7-4-5-13-28-20/h4-5,7,9-10,13,17,21,25H,3,6,8,11-12,14-16,18H2,1-2H3/t25-/m1/s1. The molecule has 1 amide bonds. The van der Waals surface area contributed by atoms with E-state index in [1.54, 1.807) is 6.20 Å². The first kappa shape index (κ1) is 23.5. The number of hydrogen-bond donors (Lipinski definition) is 0. The van der Waals surface area contributed by atoms with E-state index in [4.69, 9.17) is 19.4 Å². The molecule has 8 nitrogen and oxygen atoms in total. The molecular formula is C27H33N5O3. The van der Waals surface area contributed by atoms with Crippen molar-refractivity contribution in [2.75, 3.05) is 31.1 Å². The lowest BCUT2D eigenvalue weighted by molar-refractivity contribution is -0.135. The van der Waals surface area contributed by atoms with Gasteiger partial charge < -0.3 is 19.3 Å². The molecule has 1 atom stereocenters. The highest BCUT2D eigenvalue weighted by Gasteiger charge is 2.36. The van der Waals surface area contributed by atoms with Gasteiger partial charge in [0, 0.05) is 31.2 Å². The summed E-state index contributed by atoms with van der Waals surface area (Å²) in [7, 11) is 0. The molecule has 0 N–H and O–H groups in total. The quantitative estimate of drug-likeness (QED) is 0.513. The molecule has 2 aliphatic heterocycles. The summed E-state index contributed by atoms with van der Waals surface area (Å²) in [5.41, 5.74) is 2.71. The van der Waals surface area contributed by atoms with Crippen LogP contribution >= 0.6 is 0 Å². The van der Waals surface area contributed by atoms with Gasteiger partial charge in [0.15, 0.2) is 0 Å². The Balaban J connectivity index is 1.23. The van der Waals surface area contributed by atoms with Gasteiger partial charge in [0.05, 0.1) is 36.2 Å². The smallest absolute Gasteiger partial charge is 0.245 e. The molecule has 1 aromatic carbocycles. The highest BCUT2D eigenvalue weighted by Crippen LogP contribution is 2.29. The third-order valence-electron chi connectivity index (χ3n) is 6.90. The Morgan fingerprint density at radius 3 is 2.71 bits per heavy atom. The number of carbonyl (C=O) groups is 1. The molecule has 0 bridgehead atoms. The molecule has 4 heterocycles. The molecular weight excluding hydrogens is 442 g/mol. The van der Waals surface area contributed by atoms with E-state index in [-0.39, 0.29) is 18.1 Å². The molecule has 2 saturated heterocycles. The number of likely N-dealkylation sites (tertiary alicyclic amines) is 1. The molecule has 0 saturated carbocycles. The summed E-state index contributed by atoms with van der Waals surface area (Å²) in [6, 6.07) is 11.5. The number of rotatable bonds is 7. The van der Waals surface area contributed by atoms with E-state index in [0.717, 1.165) is 60.3 Å². The highest BCUT2D eigenvalue weighted by molar-refractivity contribution is 5.87. The molecule has 184 valence electrons. The first-order valence-electron chi connectivity index (χ1n) is 12.6. The zero-order valence-electron chi connectivity index (χ0n) is 20.5. The molecule has 0 unspecified atom stereocenters. The van der Waals surface area contributed by atoms with Gasteiger partial charge in [-0.25, -0.2) is 9.97 Å². The van der Waals surface area contributed by atoms with Crippen molar-refractivity contribution in [2.45, 2.75) is 58.3 Å². The number of aromatic nitrogens is 3. The molecule has 0 spiro atoms. The van der Waals surface area contributed by atoms with Gasteiger partial charge in [-0.15, -0.1) is 0 Å². The minimum absolute atomic E-state index is 0.161. The summed E-state index contributed by atoms with van der Waals surface area (Å²) >= 11 is 0. The Labute approximate surface area is 206 Å². The number of ether oxygens (including phenoxy) is 2. The molecule has 0 aliphatic carbocycles. The SMILES string of the molecule is CCOc1ccc2nc(N3CCC[C@@H]3C(=O)N3CCC(OCc4ccccn4)CC3)nc(C)c2c1. The van der Waals surface area contributed by atoms with Gasteiger partial charge in [-0.1, -0.05) is 6.07 Å². The number of hydrogen-bond acceptors (Lipinski definition) is 7. The lowest BCUT2D eigenvalue weighted by atomic mass is 10.1. The Morgan fingerprint density at radius 2 is 1.94 bits per heavy atom. The summed E-state index contributed by atoms with van der Waals surface area (Å²) in [4.78, 5) is 31.5. The van der Waals surface area contributed by atoms with Crippen LogP contribution in [-0.2, 0) is 16.1 Å². The molecule has 5 rings (SSSR count). The van der Waals surface area contributed by atoms with E-state index in [2.05, 4.69) is 9.88 Å². The average molecular weight is 476 g/mol. The number of carbonyl (C=O) groups excluding carboxylic acids is 1. The second-order valence-electron chi connectivity index (χ2n) is 9.23. The average Bonchev–Trinajstić information content (AvgIpc) is 3.38. The fourth-order valence-corrected chi connectivity index (χ4v) is 5.03. The Bertz CT molecular complexity index is 1160. The van der Waals surface area contributed by atoms with Crippen molar-refractivity contribution < 1.29 is 14.3 Å². The van der Waals surface area contributed by atoms with Gasteiger partial charge in [0.1, 0.15) is 11.8 Å². The van der Waals surface area contributed by atoms with Gasteiger partial charge in [-0.05, 0) is 69.9 Å². The number of pyridine rings is 1. The van der Waals surface area contributed by atoms with Gasteiger partial charge in [-0.2, -0.15) is 0 Å². The van der Waals surface area contributed by atoms with Crippen LogP contribution in [0, 0.1) is 6.92 Å². The number of fused-ring (bicyclic) bond motifs is 1. The second-order valence-corrected chi connectivity index (χ2v) is 9.23. The van der Waals surface area contributed by atoms with Gasteiger partial charge in [0.25, 0.3) is 0 Å². The summed E-state index contributed by atoms with van der Waals surface area (Å²) in [6.45, 7) is 7.32. The van der Waals surface area contributed by atoms with E-state index in [1.165, 1.54) is 0 Å². The molecule has 35 heavy (non-hydrogen) atoms. The number of amides is 1. The molecule has 2 fully saturated rings. The van der Waals surface area contributed by atoms with E-state index in [1.807, 2.05) is 55.1 Å². The van der Waals surface area contributed by atoms with Crippen LogP contribution in [0.1, 0.15) is 44.0 Å². The Hall–Kier alpha value is -3.26. The van der Waals surface area contributed by atoms with Gasteiger partial charge in [0.2, 0.25) is 11.9 Å². The van der Waals surface area contributed by atoms with E-state index in [0.29, 0.717) is 32.3 Å². The first-order chi connectivity index (χ1) is 17.1. The maximum absolute atomic E-state index is 13.5. The van der Waals surface area contributed by atoms with E-state index in [9.17, 15) is 4.79 Å². The highest BCUT2D eigenvalue weighted by atomic mass is 16.5. The maximum Gasteiger partial charge on any atom is 0.245 e. The minimum Gasteiger partial charge on any atom is -0.494 e. The number of anilines is 1. The Kier molecular flexibility index (Phi) is 7.08. The van der Waals surface area contributed by atoms with Crippen LogP contribution in [0.2, 0.25) is 0 Å². The first-order valence-corrected chi connectivity index (χ1v) is 12.6. The van der Waals surface area contributed by atoms with Crippen molar-refractivity contribution in [3.05, 3.63) is 54.0 Å². The summed E-state index contributed by atoms with van der Waals surface area (Å²) in [5, 5.41) is 0.981. The zero-order chi connectivity index (χ0) is 24.2. The van der Waals surface area contributed by atoms with E-state index < -0.39 is 0 Å². The molecule has 2 aromatic heterocycles. The third kappa shape index (κ3) is 5.22. The number of aryl methyl sites for hydroxylation is 1. The fourth-order valence-electron chi connectivity index (χ4n) is 5.03. The largest absolute Gasteiger partial charge is 0.494 e. The van der Waals surface area contributed by atoms with Crippen LogP contribution in [-0.4, -0.2) is 64.1 Å². The second kappa shape index (κ2) is 10.6. The van der Waals surface area contributed by atoms with Crippen molar-refractivity contribution in [1.29, 1.82) is 0 Å². The molecule has 8 heteroatoms. The van der Waals surface area contributed by atoms with Crippen LogP contribution in [0.5, 0.6) is 5.75 Å². The normalized spacial score (nSPS) is 18.9. The van der Waals surface area contributed by atoms with Crippen LogP contribution in [0.25, 0.3) is 10.9 Å². The summed E-state index contributed by atoms with van der Waals surface area (Å²) in [6.07, 6.45) is 5.43. The lowest BCUT2D eigenvalue weighted by Crippen LogP contribution is -2.49. The van der Waals surface area contributed by atoms with Crippen LogP contribution in [0.4, 0.5) is 5.95 Å². The molecule has 3 aromatic rings. The molecule has 0 radical (unpaired) electrons. The van der Waals surface area contributed by atoms with Gasteiger partial charge in [-0.3, -0.25) is 9.78 Å². The summed E-state index contributed by atoms with van der Waals surface area (Å²) < 4.78 is 11.7. The number of benzene rings is 1. The van der Waals surface area contributed by atoms with E-state index >= 15 is 0 Å². The number of piperidine rings is 1. The van der Waals surface area contributed by atoms with Crippen molar-refractivity contribution >= 4 is 22.8 Å². The number of nitrogens with zero attached hydrogens (tertiary/aromatic N) is 5. The van der Waals surface area contributed by atoms with Crippen molar-refractivity contribution in [3.63, 3.8) is 0 Å². The van der Waals surface area contributed by atoms with Gasteiger partial charge >= 0.3 is 0 Å². The predicted molar refractivity (Wildman–Crippen MR) is 134 cm³/mol. The van der Waals surface area contributed by atoms with Crippen LogP contribution < -0.4 is 9.64 Å². The Morgan fingerprint density at radius 1 is 1.09 bits per heavy atom. The third-order valence-corrected chi connectivity index (χ3v) is 6.90. The van der Waals surface area contributed by atoms with Crippen molar-refractivity contribution in [1.82, 2.24) is 19.9 Å². The van der Waals surface area contributed by atoms with Crippen LogP contribution in [0.3, 0.4) is 0 Å². The fraction of sp³-hybridized carbons (Fsp3) is 0.481. The monoisotopic (exact) mass is 475 g/mol. The van der Waals surface area contributed by atoms with Crippen molar-refractivity contribution in [3.8, 4) is 5.75 Å².